The molecule has 0 fully saturated rings. The fraction of sp³-hybridized carbons (Fsp3) is 0.333. The highest BCUT2D eigenvalue weighted by Gasteiger charge is 2.34. The van der Waals surface area contributed by atoms with Crippen LogP contribution in [0.3, 0.4) is 0 Å². The predicted octanol–water partition coefficient (Wildman–Crippen LogP) is 3.71. The van der Waals surface area contributed by atoms with Gasteiger partial charge in [0, 0.05) is 17.7 Å². The summed E-state index contributed by atoms with van der Waals surface area (Å²) in [4.78, 5) is 0. The SMILES string of the molecule is N=C(N)n1nc(-c2ccc(Cl)c(C(F)(F)F)c2)c2c1NCCCC2. The van der Waals surface area contributed by atoms with E-state index < -0.39 is 11.7 Å². The zero-order valence-electron chi connectivity index (χ0n) is 12.5. The lowest BCUT2D eigenvalue weighted by Crippen LogP contribution is -2.24. The van der Waals surface area contributed by atoms with Crippen LogP contribution in [0, 0.1) is 5.41 Å². The number of nitrogen functional groups attached to an aromatic ring is 1. The maximum Gasteiger partial charge on any atom is 0.417 e. The minimum atomic E-state index is -4.55. The van der Waals surface area contributed by atoms with Crippen molar-refractivity contribution in [1.82, 2.24) is 9.78 Å². The van der Waals surface area contributed by atoms with E-state index in [1.165, 1.54) is 16.8 Å². The minimum absolute atomic E-state index is 0.295. The van der Waals surface area contributed by atoms with Crippen LogP contribution >= 0.6 is 11.6 Å². The number of benzene rings is 1. The molecule has 0 bridgehead atoms. The van der Waals surface area contributed by atoms with Crippen molar-refractivity contribution in [2.24, 2.45) is 5.73 Å². The Morgan fingerprint density at radius 1 is 1.33 bits per heavy atom. The Kier molecular flexibility index (Phi) is 4.16. The zero-order chi connectivity index (χ0) is 17.5. The number of hydrogen-bond donors (Lipinski definition) is 3. The Morgan fingerprint density at radius 3 is 2.75 bits per heavy atom. The van der Waals surface area contributed by atoms with Gasteiger partial charge in [0.05, 0.1) is 16.3 Å². The van der Waals surface area contributed by atoms with E-state index in [0.29, 0.717) is 30.0 Å². The number of fused-ring (bicyclic) bond motifs is 1. The van der Waals surface area contributed by atoms with Gasteiger partial charge in [0.2, 0.25) is 5.96 Å². The molecule has 0 atom stereocenters. The van der Waals surface area contributed by atoms with Gasteiger partial charge in [-0.3, -0.25) is 5.41 Å². The molecular formula is C15H15ClF3N5. The molecule has 128 valence electrons. The van der Waals surface area contributed by atoms with Crippen molar-refractivity contribution in [3.05, 3.63) is 34.3 Å². The first kappa shape index (κ1) is 16.6. The summed E-state index contributed by atoms with van der Waals surface area (Å²) in [5, 5.41) is 14.7. The second kappa shape index (κ2) is 6.01. The van der Waals surface area contributed by atoms with E-state index in [9.17, 15) is 13.2 Å². The number of halogens is 4. The fourth-order valence-corrected chi connectivity index (χ4v) is 3.02. The molecule has 5 nitrogen and oxygen atoms in total. The normalized spacial score (nSPS) is 14.7. The Labute approximate surface area is 141 Å². The molecular weight excluding hydrogens is 343 g/mol. The zero-order valence-corrected chi connectivity index (χ0v) is 13.3. The van der Waals surface area contributed by atoms with Crippen LogP contribution in [-0.4, -0.2) is 22.3 Å². The number of nitrogens with one attached hydrogen (secondary N) is 2. The smallest absolute Gasteiger partial charge is 0.370 e. The molecule has 4 N–H and O–H groups in total. The molecule has 0 aliphatic carbocycles. The van der Waals surface area contributed by atoms with Crippen LogP contribution in [0.4, 0.5) is 19.0 Å². The number of hydrogen-bond acceptors (Lipinski definition) is 3. The molecule has 24 heavy (non-hydrogen) atoms. The summed E-state index contributed by atoms with van der Waals surface area (Å²) in [5.41, 5.74) is 6.08. The summed E-state index contributed by atoms with van der Waals surface area (Å²) < 4.78 is 40.5. The van der Waals surface area contributed by atoms with Crippen LogP contribution in [0.5, 0.6) is 0 Å². The summed E-state index contributed by atoms with van der Waals surface area (Å²) in [5.74, 6) is 0.274. The number of nitrogens with two attached hydrogens (primary N) is 1. The summed E-state index contributed by atoms with van der Waals surface area (Å²) in [6.07, 6.45) is -2.11. The Morgan fingerprint density at radius 2 is 2.08 bits per heavy atom. The molecule has 0 radical (unpaired) electrons. The van der Waals surface area contributed by atoms with Crippen molar-refractivity contribution in [3.63, 3.8) is 0 Å². The lowest BCUT2D eigenvalue weighted by Gasteiger charge is -2.10. The minimum Gasteiger partial charge on any atom is -0.370 e. The van der Waals surface area contributed by atoms with Gasteiger partial charge in [-0.2, -0.15) is 23.0 Å². The number of alkyl halides is 3. The molecule has 1 aromatic heterocycles. The first-order valence-corrected chi connectivity index (χ1v) is 7.74. The van der Waals surface area contributed by atoms with Crippen molar-refractivity contribution in [1.29, 1.82) is 5.41 Å². The quantitative estimate of drug-likeness (QED) is 0.537. The highest BCUT2D eigenvalue weighted by Crippen LogP contribution is 2.39. The molecule has 1 aliphatic heterocycles. The van der Waals surface area contributed by atoms with Gasteiger partial charge in [-0.05, 0) is 31.4 Å². The summed E-state index contributed by atoms with van der Waals surface area (Å²) in [6, 6.07) is 3.69. The van der Waals surface area contributed by atoms with Crippen molar-refractivity contribution < 1.29 is 13.2 Å². The summed E-state index contributed by atoms with van der Waals surface area (Å²) in [6.45, 7) is 0.694. The number of nitrogens with zero attached hydrogens (tertiary/aromatic N) is 2. The van der Waals surface area contributed by atoms with Gasteiger partial charge in [-0.25, -0.2) is 0 Å². The Balaban J connectivity index is 2.18. The average Bonchev–Trinajstić information content (AvgIpc) is 2.69. The molecule has 0 spiro atoms. The largest absolute Gasteiger partial charge is 0.417 e. The summed E-state index contributed by atoms with van der Waals surface area (Å²) >= 11 is 5.68. The van der Waals surface area contributed by atoms with Crippen molar-refractivity contribution >= 4 is 23.4 Å². The van der Waals surface area contributed by atoms with E-state index >= 15 is 0 Å². The second-order valence-electron chi connectivity index (χ2n) is 5.55. The van der Waals surface area contributed by atoms with Crippen LogP contribution in [0.1, 0.15) is 24.0 Å². The molecule has 0 saturated carbocycles. The van der Waals surface area contributed by atoms with Crippen LogP contribution < -0.4 is 11.1 Å². The maximum atomic E-state index is 13.1. The molecule has 2 aromatic rings. The lowest BCUT2D eigenvalue weighted by atomic mass is 10.0. The van der Waals surface area contributed by atoms with E-state index in [-0.39, 0.29) is 11.0 Å². The molecule has 1 aromatic carbocycles. The van der Waals surface area contributed by atoms with E-state index in [0.717, 1.165) is 24.5 Å². The van der Waals surface area contributed by atoms with Crippen LogP contribution in [0.2, 0.25) is 5.02 Å². The third-order valence-corrected chi connectivity index (χ3v) is 4.23. The topological polar surface area (TPSA) is 79.7 Å². The molecule has 0 unspecified atom stereocenters. The molecule has 0 saturated heterocycles. The molecule has 2 heterocycles. The maximum absolute atomic E-state index is 13.1. The number of aromatic nitrogens is 2. The first-order chi connectivity index (χ1) is 11.3. The third kappa shape index (κ3) is 2.93. The van der Waals surface area contributed by atoms with Crippen molar-refractivity contribution in [2.75, 3.05) is 11.9 Å². The van der Waals surface area contributed by atoms with Gasteiger partial charge in [-0.15, -0.1) is 0 Å². The Hall–Kier alpha value is -2.22. The monoisotopic (exact) mass is 357 g/mol. The van der Waals surface area contributed by atoms with Gasteiger partial charge >= 0.3 is 6.18 Å². The van der Waals surface area contributed by atoms with Gasteiger partial charge in [0.25, 0.3) is 0 Å². The van der Waals surface area contributed by atoms with Gasteiger partial charge in [-0.1, -0.05) is 17.7 Å². The Bertz CT molecular complexity index is 797. The van der Waals surface area contributed by atoms with Crippen molar-refractivity contribution in [3.8, 4) is 11.3 Å². The number of anilines is 1. The fourth-order valence-electron chi connectivity index (χ4n) is 2.80. The van der Waals surface area contributed by atoms with Gasteiger partial charge in [0.1, 0.15) is 5.82 Å². The number of rotatable bonds is 1. The van der Waals surface area contributed by atoms with E-state index in [1.54, 1.807) is 0 Å². The van der Waals surface area contributed by atoms with E-state index in [4.69, 9.17) is 22.7 Å². The van der Waals surface area contributed by atoms with Crippen LogP contribution in [0.15, 0.2) is 18.2 Å². The van der Waals surface area contributed by atoms with Gasteiger partial charge < -0.3 is 11.1 Å². The van der Waals surface area contributed by atoms with E-state index in [2.05, 4.69) is 10.4 Å². The summed E-state index contributed by atoms with van der Waals surface area (Å²) in [7, 11) is 0. The second-order valence-corrected chi connectivity index (χ2v) is 5.96. The lowest BCUT2D eigenvalue weighted by molar-refractivity contribution is -0.137. The van der Waals surface area contributed by atoms with Crippen LogP contribution in [0.25, 0.3) is 11.3 Å². The van der Waals surface area contributed by atoms with Crippen LogP contribution in [-0.2, 0) is 12.6 Å². The molecule has 9 heteroatoms. The average molecular weight is 358 g/mol. The highest BCUT2D eigenvalue weighted by atomic mass is 35.5. The van der Waals surface area contributed by atoms with E-state index in [1.807, 2.05) is 0 Å². The highest BCUT2D eigenvalue weighted by molar-refractivity contribution is 6.31. The van der Waals surface area contributed by atoms with Gasteiger partial charge in [0.15, 0.2) is 0 Å². The standard InChI is InChI=1S/C15H15ClF3N5/c16-11-5-4-8(7-10(11)15(17,18)19)12-9-3-1-2-6-22-13(9)24(23-12)14(20)21/h4-5,7,22H,1-3,6H2,(H3,20,21). The van der Waals surface area contributed by atoms with Crippen molar-refractivity contribution in [2.45, 2.75) is 25.4 Å². The molecule has 0 amide bonds. The first-order valence-electron chi connectivity index (χ1n) is 7.36. The molecule has 1 aliphatic rings. The molecule has 3 rings (SSSR count). The predicted molar refractivity (Wildman–Crippen MR) is 86.4 cm³/mol. The third-order valence-electron chi connectivity index (χ3n) is 3.90.